The van der Waals surface area contributed by atoms with Crippen LogP contribution in [0.5, 0.6) is 0 Å². The van der Waals surface area contributed by atoms with E-state index in [2.05, 4.69) is 34.0 Å². The van der Waals surface area contributed by atoms with Crippen molar-refractivity contribution in [3.8, 4) is 0 Å². The Kier molecular flexibility index (Phi) is 9.69. The van der Waals surface area contributed by atoms with Gasteiger partial charge in [-0.25, -0.2) is 13.4 Å². The molecule has 240 valence electrons. The zero-order valence-corrected chi connectivity index (χ0v) is 26.5. The number of carbonyl (C=O) groups excluding carboxylic acids is 1. The molecule has 0 aliphatic heterocycles. The molecule has 7 nitrogen and oxygen atoms in total. The normalized spacial score (nSPS) is 19.3. The topological polar surface area (TPSA) is 95.2 Å². The minimum absolute atomic E-state index is 0.118. The summed E-state index contributed by atoms with van der Waals surface area (Å²) < 4.78 is 67.7. The predicted octanol–water partition coefficient (Wildman–Crippen LogP) is 6.18. The molecule has 0 radical (unpaired) electrons. The monoisotopic (exact) mass is 640 g/mol. The fourth-order valence-electron chi connectivity index (χ4n) is 6.23. The molecule has 1 aliphatic rings. The van der Waals surface area contributed by atoms with Crippen LogP contribution in [0.4, 0.5) is 13.2 Å². The molecular formula is C34H39F3N4O3S. The quantitative estimate of drug-likeness (QED) is 0.216. The third-order valence-corrected chi connectivity index (χ3v) is 10.7. The number of H-pyrrole nitrogens is 1. The highest BCUT2D eigenvalue weighted by Crippen LogP contribution is 2.34. The molecule has 45 heavy (non-hydrogen) atoms. The van der Waals surface area contributed by atoms with E-state index in [9.17, 15) is 26.4 Å². The maximum absolute atomic E-state index is 13.7. The minimum atomic E-state index is -4.57. The van der Waals surface area contributed by atoms with Gasteiger partial charge < -0.3 is 15.2 Å². The number of hydrogen-bond acceptors (Lipinski definition) is 5. The van der Waals surface area contributed by atoms with Gasteiger partial charge in [-0.3, -0.25) is 4.79 Å². The number of aromatic amines is 1. The molecule has 3 atom stereocenters. The molecule has 3 unspecified atom stereocenters. The number of sulfone groups is 1. The third-order valence-electron chi connectivity index (χ3n) is 8.85. The lowest BCUT2D eigenvalue weighted by atomic mass is 9.81. The molecule has 0 saturated heterocycles. The average Bonchev–Trinajstić information content (AvgIpc) is 3.40. The molecule has 2 N–H and O–H groups in total. The molecule has 3 aromatic carbocycles. The number of nitrogens with one attached hydrogen (secondary N) is 2. The van der Waals surface area contributed by atoms with Crippen LogP contribution < -0.4 is 5.32 Å². The summed E-state index contributed by atoms with van der Waals surface area (Å²) in [6.45, 7) is 4.18. The number of imidazole rings is 1. The van der Waals surface area contributed by atoms with E-state index in [0.29, 0.717) is 19.3 Å². The minimum Gasteiger partial charge on any atom is -0.353 e. The number of halogens is 3. The summed E-state index contributed by atoms with van der Waals surface area (Å²) in [5.41, 5.74) is 1.24. The number of nitrogens with zero attached hydrogens (tertiary/aromatic N) is 2. The first-order valence-electron chi connectivity index (χ1n) is 15.2. The Bertz CT molecular complexity index is 1720. The number of amides is 1. The van der Waals surface area contributed by atoms with Crippen molar-refractivity contribution in [1.29, 1.82) is 0 Å². The highest BCUT2D eigenvalue weighted by atomic mass is 32.2. The van der Waals surface area contributed by atoms with Gasteiger partial charge in [0.15, 0.2) is 9.84 Å². The van der Waals surface area contributed by atoms with E-state index in [4.69, 9.17) is 0 Å². The van der Waals surface area contributed by atoms with E-state index in [1.165, 1.54) is 12.1 Å². The van der Waals surface area contributed by atoms with Crippen molar-refractivity contribution in [2.45, 2.75) is 75.1 Å². The summed E-state index contributed by atoms with van der Waals surface area (Å²) >= 11 is 0. The summed E-state index contributed by atoms with van der Waals surface area (Å²) in [6.07, 6.45) is -2.17. The number of hydrogen-bond donors (Lipinski definition) is 2. The van der Waals surface area contributed by atoms with E-state index in [-0.39, 0.29) is 51.9 Å². The standard InChI is InChI=1S/C34H39F3N4O3S/c1-22(2)41(3)26-14-17-29(39-32(42)20-31-38-30-11-7-10-28(33(30)40-31)34(35,36)37)25(19-26)21-45(43,44)27-15-12-24(13-16-27)18-23-8-5-4-6-9-23/h4-13,15-16,22,25-26,29H,14,17-21H2,1-3H3,(H,38,40)(H,39,42). The van der Waals surface area contributed by atoms with Crippen LogP contribution in [0.2, 0.25) is 0 Å². The van der Waals surface area contributed by atoms with Crippen molar-refractivity contribution < 1.29 is 26.4 Å². The van der Waals surface area contributed by atoms with Crippen LogP contribution in [0, 0.1) is 5.92 Å². The van der Waals surface area contributed by atoms with Gasteiger partial charge in [0, 0.05) is 18.1 Å². The fourth-order valence-corrected chi connectivity index (χ4v) is 7.91. The first-order chi connectivity index (χ1) is 21.3. The van der Waals surface area contributed by atoms with Crippen LogP contribution in [0.15, 0.2) is 77.7 Å². The van der Waals surface area contributed by atoms with Gasteiger partial charge in [-0.15, -0.1) is 0 Å². The number of rotatable bonds is 10. The van der Waals surface area contributed by atoms with Crippen LogP contribution in [0.25, 0.3) is 11.0 Å². The van der Waals surface area contributed by atoms with Crippen LogP contribution in [-0.4, -0.2) is 60.1 Å². The average molecular weight is 641 g/mol. The van der Waals surface area contributed by atoms with Gasteiger partial charge in [-0.2, -0.15) is 13.2 Å². The highest BCUT2D eigenvalue weighted by Gasteiger charge is 2.37. The van der Waals surface area contributed by atoms with E-state index >= 15 is 0 Å². The van der Waals surface area contributed by atoms with E-state index < -0.39 is 33.5 Å². The second-order valence-corrected chi connectivity index (χ2v) is 14.3. The number of benzene rings is 3. The number of fused-ring (bicyclic) bond motifs is 1. The number of alkyl halides is 3. The largest absolute Gasteiger partial charge is 0.418 e. The SMILES string of the molecule is CC(C)N(C)C1CCC(NC(=O)Cc2nc3c(C(F)(F)F)cccc3[nH]2)C(CS(=O)(=O)c2ccc(Cc3ccccc3)cc2)C1. The van der Waals surface area contributed by atoms with Gasteiger partial charge in [0.05, 0.1) is 28.1 Å². The molecule has 1 aliphatic carbocycles. The molecule has 1 amide bonds. The first-order valence-corrected chi connectivity index (χ1v) is 16.9. The number of para-hydroxylation sites is 1. The number of aromatic nitrogens is 2. The Balaban J connectivity index is 1.31. The molecule has 5 rings (SSSR count). The van der Waals surface area contributed by atoms with Crippen molar-refractivity contribution >= 4 is 26.8 Å². The first kappa shape index (κ1) is 32.7. The second kappa shape index (κ2) is 13.3. The van der Waals surface area contributed by atoms with Crippen molar-refractivity contribution in [2.24, 2.45) is 5.92 Å². The molecule has 4 aromatic rings. The predicted molar refractivity (Wildman–Crippen MR) is 169 cm³/mol. The van der Waals surface area contributed by atoms with E-state index in [0.717, 1.165) is 23.6 Å². The van der Waals surface area contributed by atoms with Gasteiger partial charge >= 0.3 is 6.18 Å². The zero-order valence-electron chi connectivity index (χ0n) is 25.6. The number of carbonyl (C=O) groups is 1. The smallest absolute Gasteiger partial charge is 0.353 e. The van der Waals surface area contributed by atoms with Crippen LogP contribution >= 0.6 is 0 Å². The molecular weight excluding hydrogens is 601 g/mol. The molecule has 1 fully saturated rings. The van der Waals surface area contributed by atoms with Crippen LogP contribution in [0.1, 0.15) is 55.6 Å². The Morgan fingerprint density at radius 2 is 1.69 bits per heavy atom. The third kappa shape index (κ3) is 7.94. The van der Waals surface area contributed by atoms with Gasteiger partial charge in [-0.1, -0.05) is 48.5 Å². The zero-order chi connectivity index (χ0) is 32.4. The Morgan fingerprint density at radius 3 is 2.36 bits per heavy atom. The van der Waals surface area contributed by atoms with Crippen molar-refractivity contribution in [2.75, 3.05) is 12.8 Å². The maximum Gasteiger partial charge on any atom is 0.418 e. The summed E-state index contributed by atoms with van der Waals surface area (Å²) in [4.78, 5) is 22.6. The van der Waals surface area contributed by atoms with Crippen LogP contribution in [0.3, 0.4) is 0 Å². The maximum atomic E-state index is 13.7. The van der Waals surface area contributed by atoms with Gasteiger partial charge in [0.25, 0.3) is 0 Å². The van der Waals surface area contributed by atoms with Gasteiger partial charge in [0.1, 0.15) is 11.3 Å². The van der Waals surface area contributed by atoms with E-state index in [1.54, 1.807) is 12.1 Å². The Hall–Kier alpha value is -3.70. The summed E-state index contributed by atoms with van der Waals surface area (Å²) in [5, 5.41) is 3.00. The lowest BCUT2D eigenvalue weighted by molar-refractivity contribution is -0.136. The van der Waals surface area contributed by atoms with E-state index in [1.807, 2.05) is 49.5 Å². The van der Waals surface area contributed by atoms with Crippen molar-refractivity contribution in [1.82, 2.24) is 20.2 Å². The summed E-state index contributed by atoms with van der Waals surface area (Å²) in [6, 6.07) is 20.7. The Morgan fingerprint density at radius 1 is 1.00 bits per heavy atom. The molecule has 1 saturated carbocycles. The molecule has 1 heterocycles. The lowest BCUT2D eigenvalue weighted by Gasteiger charge is -2.41. The summed E-state index contributed by atoms with van der Waals surface area (Å²) in [7, 11) is -1.65. The van der Waals surface area contributed by atoms with Gasteiger partial charge in [-0.05, 0) is 87.9 Å². The molecule has 11 heteroatoms. The highest BCUT2D eigenvalue weighted by molar-refractivity contribution is 7.91. The van der Waals surface area contributed by atoms with Crippen LogP contribution in [-0.2, 0) is 33.6 Å². The Labute approximate surface area is 262 Å². The van der Waals surface area contributed by atoms with Gasteiger partial charge in [0.2, 0.25) is 5.91 Å². The summed E-state index contributed by atoms with van der Waals surface area (Å²) in [5.74, 6) is -0.781. The molecule has 1 aromatic heterocycles. The van der Waals surface area contributed by atoms with Crippen molar-refractivity contribution in [3.05, 3.63) is 95.3 Å². The molecule has 0 bridgehead atoms. The van der Waals surface area contributed by atoms with Crippen molar-refractivity contribution in [3.63, 3.8) is 0 Å². The second-order valence-electron chi connectivity index (χ2n) is 12.3. The fraction of sp³-hybridized carbons (Fsp3) is 0.412. The molecule has 0 spiro atoms. The lowest BCUT2D eigenvalue weighted by Crippen LogP contribution is -2.51.